The third-order valence-corrected chi connectivity index (χ3v) is 5.10. The highest BCUT2D eigenvalue weighted by atomic mass is 19.2. The van der Waals surface area contributed by atoms with Gasteiger partial charge in [-0.1, -0.05) is 19.9 Å². The Kier molecular flexibility index (Phi) is 5.52. The predicted molar refractivity (Wildman–Crippen MR) is 91.7 cm³/mol. The van der Waals surface area contributed by atoms with Gasteiger partial charge in [-0.05, 0) is 24.1 Å². The lowest BCUT2D eigenvalue weighted by atomic mass is 9.85. The van der Waals surface area contributed by atoms with Crippen LogP contribution in [-0.4, -0.2) is 42.4 Å². The van der Waals surface area contributed by atoms with E-state index in [1.165, 1.54) is 6.07 Å². The lowest BCUT2D eigenvalue weighted by Gasteiger charge is -2.36. The molecule has 3 N–H and O–H groups in total. The van der Waals surface area contributed by atoms with Gasteiger partial charge >= 0.3 is 0 Å². The first-order valence-corrected chi connectivity index (χ1v) is 8.88. The molecule has 0 saturated carbocycles. The van der Waals surface area contributed by atoms with Gasteiger partial charge in [-0.25, -0.2) is 14.2 Å². The largest absolute Gasteiger partial charge is 0.347 e. The van der Waals surface area contributed by atoms with Gasteiger partial charge in [0.2, 0.25) is 11.8 Å². The van der Waals surface area contributed by atoms with Crippen LogP contribution in [0.4, 0.5) is 8.78 Å². The van der Waals surface area contributed by atoms with Crippen LogP contribution in [0.25, 0.3) is 0 Å². The summed E-state index contributed by atoms with van der Waals surface area (Å²) in [4.78, 5) is 25.8. The molecule has 1 aromatic carbocycles. The number of hydrogen-bond donors (Lipinski definition) is 3. The number of halogens is 2. The molecule has 142 valence electrons. The number of rotatable bonds is 4. The second-order valence-electron chi connectivity index (χ2n) is 7.21. The first-order valence-electron chi connectivity index (χ1n) is 8.88. The van der Waals surface area contributed by atoms with Crippen molar-refractivity contribution in [2.75, 3.05) is 19.6 Å². The van der Waals surface area contributed by atoms with Crippen LogP contribution in [-0.2, 0) is 9.59 Å². The summed E-state index contributed by atoms with van der Waals surface area (Å²) in [7, 11) is 0. The number of piperidine rings is 1. The second kappa shape index (κ2) is 7.67. The molecule has 2 amide bonds. The van der Waals surface area contributed by atoms with Gasteiger partial charge in [0, 0.05) is 31.0 Å². The number of carbonyl (C=O) groups is 2. The molecule has 0 spiro atoms. The second-order valence-corrected chi connectivity index (χ2v) is 7.21. The molecule has 8 heteroatoms. The van der Waals surface area contributed by atoms with Crippen molar-refractivity contribution in [1.29, 1.82) is 0 Å². The minimum atomic E-state index is -0.882. The maximum atomic E-state index is 13.6. The minimum Gasteiger partial charge on any atom is -0.347 e. The number of hydrazine groups is 1. The average molecular weight is 366 g/mol. The van der Waals surface area contributed by atoms with Crippen molar-refractivity contribution in [1.82, 2.24) is 21.1 Å². The monoisotopic (exact) mass is 366 g/mol. The van der Waals surface area contributed by atoms with E-state index in [1.54, 1.807) is 24.8 Å². The summed E-state index contributed by atoms with van der Waals surface area (Å²) in [6, 6.07) is 3.82. The van der Waals surface area contributed by atoms with E-state index in [2.05, 4.69) is 16.2 Å². The van der Waals surface area contributed by atoms with E-state index >= 15 is 0 Å². The van der Waals surface area contributed by atoms with Crippen molar-refractivity contribution in [2.45, 2.75) is 32.4 Å². The Labute approximate surface area is 151 Å². The standard InChI is InChI=1S/C18H24F2N4O2/c1-10(2)18(26)21-8-16(25)24-6-5-15-12(9-24)17(23-22-15)11-3-4-13(19)14(20)7-11/h3-4,7,10,12,15,17,22-23H,5-6,8-9H2,1-2H3,(H,21,26). The maximum absolute atomic E-state index is 13.6. The fourth-order valence-electron chi connectivity index (χ4n) is 3.54. The number of nitrogens with one attached hydrogen (secondary N) is 3. The van der Waals surface area contributed by atoms with Crippen LogP contribution < -0.4 is 16.2 Å². The number of amides is 2. The number of carbonyl (C=O) groups excluding carboxylic acids is 2. The Morgan fingerprint density at radius 1 is 1.27 bits per heavy atom. The number of fused-ring (bicyclic) bond motifs is 1. The molecule has 3 unspecified atom stereocenters. The summed E-state index contributed by atoms with van der Waals surface area (Å²) in [6.07, 6.45) is 0.752. The van der Waals surface area contributed by atoms with Crippen molar-refractivity contribution >= 4 is 11.8 Å². The molecular weight excluding hydrogens is 342 g/mol. The zero-order chi connectivity index (χ0) is 18.8. The molecule has 0 aromatic heterocycles. The summed E-state index contributed by atoms with van der Waals surface area (Å²) >= 11 is 0. The van der Waals surface area contributed by atoms with Crippen LogP contribution in [0.2, 0.25) is 0 Å². The summed E-state index contributed by atoms with van der Waals surface area (Å²) in [5.74, 6) is -2.18. The average Bonchev–Trinajstić information content (AvgIpc) is 3.04. The summed E-state index contributed by atoms with van der Waals surface area (Å²) in [6.45, 7) is 4.60. The van der Waals surface area contributed by atoms with Crippen molar-refractivity contribution < 1.29 is 18.4 Å². The van der Waals surface area contributed by atoms with E-state index in [0.717, 1.165) is 12.5 Å². The molecule has 0 bridgehead atoms. The van der Waals surface area contributed by atoms with Crippen LogP contribution in [0.1, 0.15) is 31.9 Å². The van der Waals surface area contributed by atoms with Crippen LogP contribution >= 0.6 is 0 Å². The zero-order valence-electron chi connectivity index (χ0n) is 14.9. The fraction of sp³-hybridized carbons (Fsp3) is 0.556. The molecule has 2 fully saturated rings. The van der Waals surface area contributed by atoms with E-state index in [0.29, 0.717) is 18.7 Å². The van der Waals surface area contributed by atoms with Crippen molar-refractivity contribution in [3.63, 3.8) is 0 Å². The van der Waals surface area contributed by atoms with Gasteiger partial charge in [0.15, 0.2) is 11.6 Å². The van der Waals surface area contributed by atoms with Gasteiger partial charge in [-0.2, -0.15) is 0 Å². The summed E-state index contributed by atoms with van der Waals surface area (Å²) in [5.41, 5.74) is 6.98. The van der Waals surface area contributed by atoms with Crippen molar-refractivity contribution in [3.05, 3.63) is 35.4 Å². The van der Waals surface area contributed by atoms with Crippen LogP contribution in [0.5, 0.6) is 0 Å². The third-order valence-electron chi connectivity index (χ3n) is 5.10. The fourth-order valence-corrected chi connectivity index (χ4v) is 3.54. The van der Waals surface area contributed by atoms with E-state index in [9.17, 15) is 18.4 Å². The highest BCUT2D eigenvalue weighted by Crippen LogP contribution is 2.34. The molecule has 1 aromatic rings. The molecule has 2 saturated heterocycles. The first-order chi connectivity index (χ1) is 12.4. The summed E-state index contributed by atoms with van der Waals surface area (Å²) in [5, 5.41) is 2.64. The Morgan fingerprint density at radius 3 is 2.73 bits per heavy atom. The number of likely N-dealkylation sites (tertiary alicyclic amines) is 1. The molecule has 0 aliphatic carbocycles. The van der Waals surface area contributed by atoms with E-state index in [1.807, 2.05) is 0 Å². The Hall–Kier alpha value is -2.06. The molecule has 2 aliphatic heterocycles. The smallest absolute Gasteiger partial charge is 0.241 e. The van der Waals surface area contributed by atoms with Gasteiger partial charge in [0.25, 0.3) is 0 Å². The van der Waals surface area contributed by atoms with Crippen LogP contribution in [0.15, 0.2) is 18.2 Å². The molecule has 0 radical (unpaired) electrons. The normalized spacial score (nSPS) is 25.3. The Balaban J connectivity index is 1.65. The number of nitrogens with zero attached hydrogens (tertiary/aromatic N) is 1. The number of benzene rings is 1. The van der Waals surface area contributed by atoms with Gasteiger partial charge in [0.05, 0.1) is 12.6 Å². The molecule has 2 aliphatic rings. The van der Waals surface area contributed by atoms with Gasteiger partial charge in [-0.3, -0.25) is 15.0 Å². The van der Waals surface area contributed by atoms with Gasteiger partial charge in [-0.15, -0.1) is 0 Å². The lowest BCUT2D eigenvalue weighted by Crippen LogP contribution is -2.50. The minimum absolute atomic E-state index is 0.0227. The predicted octanol–water partition coefficient (Wildman–Crippen LogP) is 1.10. The number of hydrogen-bond acceptors (Lipinski definition) is 4. The molecule has 26 heavy (non-hydrogen) atoms. The Bertz CT molecular complexity index is 698. The first kappa shape index (κ1) is 18.7. The molecule has 6 nitrogen and oxygen atoms in total. The SMILES string of the molecule is CC(C)C(=O)NCC(=O)N1CCC2NNC(c3ccc(F)c(F)c3)C2C1. The van der Waals surface area contributed by atoms with E-state index in [-0.39, 0.29) is 42.3 Å². The lowest BCUT2D eigenvalue weighted by molar-refractivity contribution is -0.135. The van der Waals surface area contributed by atoms with Crippen LogP contribution in [0.3, 0.4) is 0 Å². The van der Waals surface area contributed by atoms with E-state index in [4.69, 9.17) is 0 Å². The van der Waals surface area contributed by atoms with Crippen molar-refractivity contribution in [3.8, 4) is 0 Å². The van der Waals surface area contributed by atoms with Gasteiger partial charge in [0.1, 0.15) is 0 Å². The van der Waals surface area contributed by atoms with Crippen molar-refractivity contribution in [2.24, 2.45) is 11.8 Å². The van der Waals surface area contributed by atoms with E-state index < -0.39 is 11.6 Å². The Morgan fingerprint density at radius 2 is 2.04 bits per heavy atom. The topological polar surface area (TPSA) is 73.5 Å². The molecular formula is C18H24F2N4O2. The van der Waals surface area contributed by atoms with Gasteiger partial charge < -0.3 is 10.2 Å². The zero-order valence-corrected chi connectivity index (χ0v) is 14.9. The van der Waals surface area contributed by atoms with Crippen LogP contribution in [0, 0.1) is 23.5 Å². The molecule has 3 rings (SSSR count). The quantitative estimate of drug-likeness (QED) is 0.746. The maximum Gasteiger partial charge on any atom is 0.241 e. The molecule has 2 heterocycles. The highest BCUT2D eigenvalue weighted by molar-refractivity contribution is 5.85. The highest BCUT2D eigenvalue weighted by Gasteiger charge is 2.41. The summed E-state index contributed by atoms with van der Waals surface area (Å²) < 4.78 is 26.8. The third kappa shape index (κ3) is 3.86. The molecule has 3 atom stereocenters.